The molecule has 5 N–H and O–H groups in total. The second kappa shape index (κ2) is 40.7. The Morgan fingerprint density at radius 3 is 1.56 bits per heavy atom. The van der Waals surface area contributed by atoms with Gasteiger partial charge in [-0.3, -0.25) is 18.6 Å². The van der Waals surface area contributed by atoms with Crippen molar-refractivity contribution < 1.29 is 58.0 Å². The summed E-state index contributed by atoms with van der Waals surface area (Å²) in [5, 5.41) is 38.8. The molecule has 0 aromatic heterocycles. The van der Waals surface area contributed by atoms with Crippen molar-refractivity contribution in [2.45, 2.75) is 238 Å². The van der Waals surface area contributed by atoms with E-state index in [0.29, 0.717) is 25.7 Å². The molecule has 0 fully saturated rings. The highest BCUT2D eigenvalue weighted by Gasteiger charge is 2.27. The zero-order valence-corrected chi connectivity index (χ0v) is 38.5. The summed E-state index contributed by atoms with van der Waals surface area (Å²) < 4.78 is 32.7. The molecule has 0 aliphatic heterocycles. The average molecular weight is 865 g/mol. The molecule has 0 saturated heterocycles. The van der Waals surface area contributed by atoms with Gasteiger partial charge in [-0.1, -0.05) is 174 Å². The number of hydrogen-bond donors (Lipinski definition) is 5. The Hall–Kier alpha value is -1.37. The number of hydrogen-bond acceptors (Lipinski definition) is 11. The van der Waals surface area contributed by atoms with Gasteiger partial charge in [0.2, 0.25) is 0 Å². The molecule has 0 radical (unpaired) electrons. The Morgan fingerprint density at radius 2 is 1.05 bits per heavy atom. The van der Waals surface area contributed by atoms with Gasteiger partial charge in [-0.05, 0) is 44.4 Å². The third-order valence-electron chi connectivity index (χ3n) is 10.5. The summed E-state index contributed by atoms with van der Waals surface area (Å²) >= 11 is 0. The zero-order chi connectivity index (χ0) is 43.8. The van der Waals surface area contributed by atoms with E-state index < -0.39 is 64.0 Å². The fraction of sp³-hybridized carbons (Fsp3) is 0.913. The third kappa shape index (κ3) is 40.5. The highest BCUT2D eigenvalue weighted by molar-refractivity contribution is 7.47. The Labute approximate surface area is 359 Å². The number of ether oxygens (including phenoxy) is 2. The topological polar surface area (TPSA) is 189 Å². The van der Waals surface area contributed by atoms with Crippen LogP contribution < -0.4 is 0 Å². The number of phosphoric ester groups is 1. The van der Waals surface area contributed by atoms with Crippen molar-refractivity contribution in [3.05, 3.63) is 12.2 Å². The second-order valence-corrected chi connectivity index (χ2v) is 18.4. The van der Waals surface area contributed by atoms with E-state index in [1.807, 2.05) is 6.08 Å². The van der Waals surface area contributed by atoms with E-state index in [1.54, 1.807) is 0 Å². The predicted molar refractivity (Wildman–Crippen MR) is 236 cm³/mol. The van der Waals surface area contributed by atoms with Crippen LogP contribution in [0.15, 0.2) is 12.2 Å². The number of aliphatic hydroxyl groups excluding tert-OH is 4. The Bertz CT molecular complexity index is 1040. The largest absolute Gasteiger partial charge is 0.472 e. The molecule has 0 spiro atoms. The molecule has 12 nitrogen and oxygen atoms in total. The number of unbranched alkanes of at least 4 members (excludes halogenated alkanes) is 22. The lowest BCUT2D eigenvalue weighted by Gasteiger charge is -2.20. The van der Waals surface area contributed by atoms with Gasteiger partial charge in [-0.15, -0.1) is 0 Å². The maximum absolute atomic E-state index is 12.6. The van der Waals surface area contributed by atoms with Gasteiger partial charge in [0.25, 0.3) is 0 Å². The van der Waals surface area contributed by atoms with Gasteiger partial charge in [0.1, 0.15) is 12.7 Å². The van der Waals surface area contributed by atoms with E-state index in [0.717, 1.165) is 63.7 Å². The monoisotopic (exact) mass is 865 g/mol. The standard InChI is InChI=1S/C46H89O12P/c1-4-5-6-7-22-27-32-43(49)44(50)33-28-23-20-25-30-35-46(52)58-42(39-57-59(53,54)56-37-41(48)36-47)38-55-45(51)34-29-24-19-17-15-13-11-9-8-10-12-14-16-18-21-26-31-40(2)3/h22,27,40-44,47-50H,4-21,23-26,28-39H2,1-3H3,(H,53,54)/b27-22-/t41-,42+,43-,44-/m0/s1. The van der Waals surface area contributed by atoms with Crippen LogP contribution in [0.3, 0.4) is 0 Å². The molecule has 0 heterocycles. The number of phosphoric acid groups is 1. The number of carbonyl (C=O) groups excluding carboxylic acids is 2. The van der Waals surface area contributed by atoms with Crippen LogP contribution in [-0.2, 0) is 32.7 Å². The van der Waals surface area contributed by atoms with Gasteiger partial charge in [0.05, 0.1) is 32.0 Å². The van der Waals surface area contributed by atoms with Crippen LogP contribution in [0.5, 0.6) is 0 Å². The SMILES string of the molecule is CCCCC/C=C\C[C@H](O)[C@@H](O)CCCCCCCC(=O)O[C@H](COC(=O)CCCCCCCCCCCCCCCCCCC(C)C)COP(=O)(O)OC[C@@H](O)CO. The van der Waals surface area contributed by atoms with E-state index >= 15 is 0 Å². The van der Waals surface area contributed by atoms with Crippen molar-refractivity contribution >= 4 is 19.8 Å². The molecule has 0 aromatic rings. The summed E-state index contributed by atoms with van der Waals surface area (Å²) in [7, 11) is -4.66. The van der Waals surface area contributed by atoms with Crippen LogP contribution in [-0.4, -0.2) is 88.1 Å². The molecule has 0 saturated carbocycles. The minimum absolute atomic E-state index is 0.0885. The summed E-state index contributed by atoms with van der Waals surface area (Å²) in [4.78, 5) is 35.1. The number of carbonyl (C=O) groups is 2. The van der Waals surface area contributed by atoms with E-state index in [1.165, 1.54) is 96.3 Å². The molecule has 0 rings (SSSR count). The molecule has 0 aliphatic rings. The molecule has 0 bridgehead atoms. The fourth-order valence-corrected chi connectivity index (χ4v) is 7.52. The second-order valence-electron chi connectivity index (χ2n) is 16.9. The first-order chi connectivity index (χ1) is 28.4. The molecule has 0 amide bonds. The first-order valence-electron chi connectivity index (χ1n) is 23.7. The maximum Gasteiger partial charge on any atom is 0.472 e. The first kappa shape index (κ1) is 57.6. The highest BCUT2D eigenvalue weighted by Crippen LogP contribution is 2.43. The molecule has 0 aromatic carbocycles. The Morgan fingerprint density at radius 1 is 0.576 bits per heavy atom. The minimum Gasteiger partial charge on any atom is -0.462 e. The van der Waals surface area contributed by atoms with E-state index in [2.05, 4.69) is 31.4 Å². The lowest BCUT2D eigenvalue weighted by molar-refractivity contribution is -0.161. The van der Waals surface area contributed by atoms with Crippen LogP contribution >= 0.6 is 7.82 Å². The smallest absolute Gasteiger partial charge is 0.462 e. The lowest BCUT2D eigenvalue weighted by atomic mass is 10.0. The van der Waals surface area contributed by atoms with Crippen molar-refractivity contribution in [2.24, 2.45) is 5.92 Å². The van der Waals surface area contributed by atoms with Crippen LogP contribution in [0.2, 0.25) is 0 Å². The van der Waals surface area contributed by atoms with Gasteiger partial charge in [0, 0.05) is 12.8 Å². The number of esters is 2. The van der Waals surface area contributed by atoms with E-state index in [-0.39, 0.29) is 19.4 Å². The van der Waals surface area contributed by atoms with Crippen molar-refractivity contribution in [1.29, 1.82) is 0 Å². The van der Waals surface area contributed by atoms with E-state index in [4.69, 9.17) is 19.1 Å². The van der Waals surface area contributed by atoms with Crippen molar-refractivity contribution in [1.82, 2.24) is 0 Å². The number of rotatable bonds is 44. The first-order valence-corrected chi connectivity index (χ1v) is 25.2. The number of aliphatic hydroxyl groups is 4. The summed E-state index contributed by atoms with van der Waals surface area (Å²) in [6.45, 7) is 4.52. The molecule has 59 heavy (non-hydrogen) atoms. The van der Waals surface area contributed by atoms with Gasteiger partial charge in [-0.2, -0.15) is 0 Å². The molecule has 5 atom stereocenters. The van der Waals surface area contributed by atoms with Gasteiger partial charge < -0.3 is 34.8 Å². The van der Waals surface area contributed by atoms with Crippen LogP contribution in [0.1, 0.15) is 213 Å². The summed E-state index contributed by atoms with van der Waals surface area (Å²) in [5.74, 6) is -0.198. The maximum atomic E-state index is 12.6. The minimum atomic E-state index is -4.66. The molecule has 0 aliphatic carbocycles. The van der Waals surface area contributed by atoms with Gasteiger partial charge >= 0.3 is 19.8 Å². The Balaban J connectivity index is 4.31. The van der Waals surface area contributed by atoms with Crippen LogP contribution in [0.25, 0.3) is 0 Å². The normalized spacial score (nSPS) is 15.0. The van der Waals surface area contributed by atoms with Crippen molar-refractivity contribution in [3.63, 3.8) is 0 Å². The van der Waals surface area contributed by atoms with Crippen molar-refractivity contribution in [3.8, 4) is 0 Å². The highest BCUT2D eigenvalue weighted by atomic mass is 31.2. The summed E-state index contributed by atoms with van der Waals surface area (Å²) in [6.07, 6.45) is 30.6. The average Bonchev–Trinajstić information content (AvgIpc) is 3.21. The van der Waals surface area contributed by atoms with Gasteiger partial charge in [0.15, 0.2) is 6.10 Å². The van der Waals surface area contributed by atoms with Crippen molar-refractivity contribution in [2.75, 3.05) is 26.4 Å². The molecular weight excluding hydrogens is 775 g/mol. The molecule has 350 valence electrons. The summed E-state index contributed by atoms with van der Waals surface area (Å²) in [5.41, 5.74) is 0. The van der Waals surface area contributed by atoms with Crippen LogP contribution in [0.4, 0.5) is 0 Å². The predicted octanol–water partition coefficient (Wildman–Crippen LogP) is 10.6. The third-order valence-corrected chi connectivity index (χ3v) is 11.5. The summed E-state index contributed by atoms with van der Waals surface area (Å²) in [6, 6.07) is 0. The molecule has 13 heteroatoms. The van der Waals surface area contributed by atoms with Gasteiger partial charge in [-0.25, -0.2) is 4.57 Å². The molecular formula is C46H89O12P. The fourth-order valence-electron chi connectivity index (χ4n) is 6.73. The lowest BCUT2D eigenvalue weighted by Crippen LogP contribution is -2.29. The Kier molecular flexibility index (Phi) is 39.7. The zero-order valence-electron chi connectivity index (χ0n) is 37.6. The van der Waals surface area contributed by atoms with Crippen LogP contribution in [0, 0.1) is 5.92 Å². The van der Waals surface area contributed by atoms with E-state index in [9.17, 15) is 34.4 Å². The quantitative estimate of drug-likeness (QED) is 0.0169. The number of allylic oxidation sites excluding steroid dienone is 1. The molecule has 1 unspecified atom stereocenters.